The Morgan fingerprint density at radius 3 is 2.80 bits per heavy atom. The number of nitrogen functional groups attached to an aromatic ring is 1. The fourth-order valence-electron chi connectivity index (χ4n) is 1.93. The van der Waals surface area contributed by atoms with Crippen LogP contribution in [-0.4, -0.2) is 16.5 Å². The molecule has 0 saturated carbocycles. The summed E-state index contributed by atoms with van der Waals surface area (Å²) >= 11 is 0. The summed E-state index contributed by atoms with van der Waals surface area (Å²) in [6.07, 6.45) is 1.46. The Morgan fingerprint density at radius 1 is 1.30 bits per heavy atom. The number of rotatable bonds is 5. The molecule has 5 heteroatoms. The van der Waals surface area contributed by atoms with E-state index in [-0.39, 0.29) is 5.82 Å². The molecule has 0 fully saturated rings. The molecule has 2 rings (SSSR count). The van der Waals surface area contributed by atoms with Gasteiger partial charge < -0.3 is 11.1 Å². The van der Waals surface area contributed by atoms with Gasteiger partial charge in [0.25, 0.3) is 0 Å². The lowest BCUT2D eigenvalue weighted by atomic mass is 10.1. The van der Waals surface area contributed by atoms with Crippen LogP contribution < -0.4 is 11.1 Å². The summed E-state index contributed by atoms with van der Waals surface area (Å²) in [5, 5.41) is 3.24. The van der Waals surface area contributed by atoms with E-state index in [1.165, 1.54) is 6.07 Å². The highest BCUT2D eigenvalue weighted by Crippen LogP contribution is 2.17. The maximum Gasteiger partial charge on any atom is 0.134 e. The van der Waals surface area contributed by atoms with E-state index in [4.69, 9.17) is 5.73 Å². The number of hydrogen-bond donors (Lipinski definition) is 2. The number of aromatic nitrogens is 2. The van der Waals surface area contributed by atoms with Crippen molar-refractivity contribution in [2.45, 2.75) is 26.7 Å². The first-order valence-corrected chi connectivity index (χ1v) is 6.71. The number of nitrogens with zero attached hydrogens (tertiary/aromatic N) is 2. The average molecular weight is 274 g/mol. The van der Waals surface area contributed by atoms with Crippen molar-refractivity contribution in [3.63, 3.8) is 0 Å². The van der Waals surface area contributed by atoms with Crippen LogP contribution in [0.4, 0.5) is 16.0 Å². The molecule has 0 unspecified atom stereocenters. The highest BCUT2D eigenvalue weighted by molar-refractivity contribution is 5.54. The van der Waals surface area contributed by atoms with E-state index in [2.05, 4.69) is 15.3 Å². The molecule has 0 bridgehead atoms. The fraction of sp³-hybridized carbons (Fsp3) is 0.333. The van der Waals surface area contributed by atoms with E-state index in [1.807, 2.05) is 19.9 Å². The number of halogens is 1. The molecule has 20 heavy (non-hydrogen) atoms. The van der Waals surface area contributed by atoms with Gasteiger partial charge in [0.15, 0.2) is 0 Å². The molecule has 0 spiro atoms. The first-order chi connectivity index (χ1) is 9.60. The van der Waals surface area contributed by atoms with Gasteiger partial charge in [-0.25, -0.2) is 14.4 Å². The Hall–Kier alpha value is -2.17. The molecule has 106 valence electrons. The zero-order valence-electron chi connectivity index (χ0n) is 11.8. The second-order valence-electron chi connectivity index (χ2n) is 4.66. The zero-order chi connectivity index (χ0) is 14.5. The van der Waals surface area contributed by atoms with E-state index >= 15 is 0 Å². The molecule has 0 aliphatic rings. The number of benzene rings is 1. The van der Waals surface area contributed by atoms with Crippen molar-refractivity contribution in [3.8, 4) is 0 Å². The van der Waals surface area contributed by atoms with Crippen molar-refractivity contribution >= 4 is 11.6 Å². The predicted octanol–water partition coefficient (Wildman–Crippen LogP) is 2.72. The molecule has 0 saturated heterocycles. The summed E-state index contributed by atoms with van der Waals surface area (Å²) in [6.45, 7) is 4.55. The molecule has 0 atom stereocenters. The van der Waals surface area contributed by atoms with Crippen molar-refractivity contribution in [1.82, 2.24) is 9.97 Å². The Labute approximate surface area is 118 Å². The summed E-state index contributed by atoms with van der Waals surface area (Å²) in [7, 11) is 0. The molecular formula is C15H19FN4. The van der Waals surface area contributed by atoms with Gasteiger partial charge in [-0.3, -0.25) is 0 Å². The molecule has 4 nitrogen and oxygen atoms in total. The van der Waals surface area contributed by atoms with Gasteiger partial charge in [-0.1, -0.05) is 19.1 Å². The zero-order valence-corrected chi connectivity index (χ0v) is 11.8. The minimum atomic E-state index is -0.210. The van der Waals surface area contributed by atoms with Gasteiger partial charge in [-0.05, 0) is 31.0 Å². The van der Waals surface area contributed by atoms with Gasteiger partial charge in [-0.15, -0.1) is 0 Å². The van der Waals surface area contributed by atoms with E-state index in [1.54, 1.807) is 12.1 Å². The molecule has 2 aromatic rings. The molecule has 3 N–H and O–H groups in total. The number of nitrogens with one attached hydrogen (secondary N) is 1. The van der Waals surface area contributed by atoms with Crippen molar-refractivity contribution < 1.29 is 4.39 Å². The molecule has 0 amide bonds. The van der Waals surface area contributed by atoms with Gasteiger partial charge in [-0.2, -0.15) is 0 Å². The topological polar surface area (TPSA) is 63.8 Å². The van der Waals surface area contributed by atoms with Crippen molar-refractivity contribution in [1.29, 1.82) is 0 Å². The summed E-state index contributed by atoms with van der Waals surface area (Å²) in [5.74, 6) is 1.77. The monoisotopic (exact) mass is 274 g/mol. The van der Waals surface area contributed by atoms with Gasteiger partial charge in [0.05, 0.1) is 0 Å². The standard InChI is InChI=1S/C15H19FN4/c1-3-13-19-14(17)10(2)15(20-13)18-8-7-11-5-4-6-12(16)9-11/h4-6,9H,3,7-8H2,1-2H3,(H3,17,18,19,20). The minimum absolute atomic E-state index is 0.210. The summed E-state index contributed by atoms with van der Waals surface area (Å²) in [6, 6.07) is 6.61. The van der Waals surface area contributed by atoms with Gasteiger partial charge in [0.2, 0.25) is 0 Å². The smallest absolute Gasteiger partial charge is 0.134 e. The Bertz CT molecular complexity index is 598. The summed E-state index contributed by atoms with van der Waals surface area (Å²) in [4.78, 5) is 8.63. The lowest BCUT2D eigenvalue weighted by Crippen LogP contribution is -2.11. The van der Waals surface area contributed by atoms with Crippen molar-refractivity contribution in [3.05, 3.63) is 47.0 Å². The SMILES string of the molecule is CCc1nc(N)c(C)c(NCCc2cccc(F)c2)n1. The first kappa shape index (κ1) is 14.2. The van der Waals surface area contributed by atoms with Gasteiger partial charge >= 0.3 is 0 Å². The van der Waals surface area contributed by atoms with Crippen LogP contribution in [0.15, 0.2) is 24.3 Å². The average Bonchev–Trinajstić information content (AvgIpc) is 2.43. The van der Waals surface area contributed by atoms with Crippen LogP contribution in [0.2, 0.25) is 0 Å². The number of nitrogens with two attached hydrogens (primary N) is 1. The summed E-state index contributed by atoms with van der Waals surface area (Å²) < 4.78 is 13.1. The molecule has 1 aromatic heterocycles. The Morgan fingerprint density at radius 2 is 2.10 bits per heavy atom. The van der Waals surface area contributed by atoms with E-state index in [0.29, 0.717) is 12.4 Å². The highest BCUT2D eigenvalue weighted by Gasteiger charge is 2.07. The lowest BCUT2D eigenvalue weighted by molar-refractivity contribution is 0.625. The van der Waals surface area contributed by atoms with Crippen LogP contribution in [0, 0.1) is 12.7 Å². The second kappa shape index (κ2) is 6.32. The van der Waals surface area contributed by atoms with E-state index in [9.17, 15) is 4.39 Å². The summed E-state index contributed by atoms with van der Waals surface area (Å²) in [5.41, 5.74) is 7.66. The van der Waals surface area contributed by atoms with Crippen LogP contribution in [0.5, 0.6) is 0 Å². The Kier molecular flexibility index (Phi) is 4.50. The molecule has 0 aliphatic carbocycles. The van der Waals surface area contributed by atoms with E-state index < -0.39 is 0 Å². The number of anilines is 2. The normalized spacial score (nSPS) is 10.6. The van der Waals surface area contributed by atoms with Gasteiger partial charge in [0.1, 0.15) is 23.3 Å². The van der Waals surface area contributed by atoms with Crippen LogP contribution in [-0.2, 0) is 12.8 Å². The minimum Gasteiger partial charge on any atom is -0.383 e. The highest BCUT2D eigenvalue weighted by atomic mass is 19.1. The fourth-order valence-corrected chi connectivity index (χ4v) is 1.93. The number of hydrogen-bond acceptors (Lipinski definition) is 4. The third-order valence-electron chi connectivity index (χ3n) is 3.14. The quantitative estimate of drug-likeness (QED) is 0.880. The maximum absolute atomic E-state index is 13.1. The Balaban J connectivity index is 2.02. The third kappa shape index (κ3) is 3.44. The molecule has 1 heterocycles. The molecule has 0 radical (unpaired) electrons. The first-order valence-electron chi connectivity index (χ1n) is 6.71. The van der Waals surface area contributed by atoms with Crippen LogP contribution >= 0.6 is 0 Å². The third-order valence-corrected chi connectivity index (χ3v) is 3.14. The van der Waals surface area contributed by atoms with Crippen molar-refractivity contribution in [2.75, 3.05) is 17.6 Å². The van der Waals surface area contributed by atoms with Crippen LogP contribution in [0.3, 0.4) is 0 Å². The maximum atomic E-state index is 13.1. The molecule has 0 aliphatic heterocycles. The van der Waals surface area contributed by atoms with Gasteiger partial charge in [0, 0.05) is 18.5 Å². The van der Waals surface area contributed by atoms with E-state index in [0.717, 1.165) is 35.6 Å². The largest absolute Gasteiger partial charge is 0.383 e. The molecular weight excluding hydrogens is 255 g/mol. The lowest BCUT2D eigenvalue weighted by Gasteiger charge is -2.11. The van der Waals surface area contributed by atoms with Crippen molar-refractivity contribution in [2.24, 2.45) is 0 Å². The number of aryl methyl sites for hydroxylation is 1. The predicted molar refractivity (Wildman–Crippen MR) is 79.2 cm³/mol. The second-order valence-corrected chi connectivity index (χ2v) is 4.66. The van der Waals surface area contributed by atoms with Crippen LogP contribution in [0.25, 0.3) is 0 Å². The molecule has 1 aromatic carbocycles. The van der Waals surface area contributed by atoms with Crippen LogP contribution in [0.1, 0.15) is 23.9 Å².